The molecule has 0 fully saturated rings. The SMILES string of the molecule is CCC(Oc1cccc2ccccc12)C(=O)Nc1ccc(Cl)c(C(F)(F)F)c1. The molecule has 0 aliphatic carbocycles. The second-order valence-electron chi connectivity index (χ2n) is 6.17. The maximum absolute atomic E-state index is 13.0. The average molecular weight is 408 g/mol. The van der Waals surface area contributed by atoms with E-state index in [0.29, 0.717) is 12.2 Å². The number of fused-ring (bicyclic) bond motifs is 1. The first-order valence-electron chi connectivity index (χ1n) is 8.61. The minimum Gasteiger partial charge on any atom is -0.480 e. The third kappa shape index (κ3) is 4.39. The summed E-state index contributed by atoms with van der Waals surface area (Å²) in [5.74, 6) is -0.00179. The zero-order valence-electron chi connectivity index (χ0n) is 14.9. The Kier molecular flexibility index (Phi) is 5.79. The lowest BCUT2D eigenvalue weighted by atomic mass is 10.1. The molecule has 3 aromatic rings. The molecule has 3 nitrogen and oxygen atoms in total. The maximum Gasteiger partial charge on any atom is 0.417 e. The van der Waals surface area contributed by atoms with E-state index in [2.05, 4.69) is 5.32 Å². The average Bonchev–Trinajstić information content (AvgIpc) is 2.66. The number of amides is 1. The van der Waals surface area contributed by atoms with Gasteiger partial charge in [-0.15, -0.1) is 0 Å². The fourth-order valence-electron chi connectivity index (χ4n) is 2.82. The molecule has 1 N–H and O–H groups in total. The summed E-state index contributed by atoms with van der Waals surface area (Å²) >= 11 is 5.61. The van der Waals surface area contributed by atoms with Crippen LogP contribution in [0.25, 0.3) is 10.8 Å². The summed E-state index contributed by atoms with van der Waals surface area (Å²) in [7, 11) is 0. The highest BCUT2D eigenvalue weighted by atomic mass is 35.5. The lowest BCUT2D eigenvalue weighted by Gasteiger charge is -2.19. The molecule has 28 heavy (non-hydrogen) atoms. The lowest BCUT2D eigenvalue weighted by Crippen LogP contribution is -2.32. The molecular formula is C21H17ClF3NO2. The summed E-state index contributed by atoms with van der Waals surface area (Å²) in [6, 6.07) is 16.3. The number of benzene rings is 3. The predicted octanol–water partition coefficient (Wildman–Crippen LogP) is 6.31. The van der Waals surface area contributed by atoms with Crippen molar-refractivity contribution in [1.29, 1.82) is 0 Å². The molecule has 1 amide bonds. The number of nitrogens with one attached hydrogen (secondary N) is 1. The summed E-state index contributed by atoms with van der Waals surface area (Å²) in [6.45, 7) is 1.76. The van der Waals surface area contributed by atoms with E-state index in [9.17, 15) is 18.0 Å². The van der Waals surface area contributed by atoms with Gasteiger partial charge in [-0.2, -0.15) is 13.2 Å². The predicted molar refractivity (Wildman–Crippen MR) is 104 cm³/mol. The molecule has 0 aliphatic rings. The van der Waals surface area contributed by atoms with Gasteiger partial charge in [-0.1, -0.05) is 54.9 Å². The van der Waals surface area contributed by atoms with Gasteiger partial charge in [0.2, 0.25) is 0 Å². The minimum absolute atomic E-state index is 0.00157. The van der Waals surface area contributed by atoms with Crippen molar-refractivity contribution in [3.63, 3.8) is 0 Å². The van der Waals surface area contributed by atoms with Crippen molar-refractivity contribution in [1.82, 2.24) is 0 Å². The lowest BCUT2D eigenvalue weighted by molar-refractivity contribution is -0.137. The van der Waals surface area contributed by atoms with E-state index in [0.717, 1.165) is 22.9 Å². The van der Waals surface area contributed by atoms with Gasteiger partial charge in [0.15, 0.2) is 6.10 Å². The van der Waals surface area contributed by atoms with Crippen molar-refractivity contribution in [3.8, 4) is 5.75 Å². The number of carbonyl (C=O) groups excluding carboxylic acids is 1. The number of ether oxygens (including phenoxy) is 1. The van der Waals surface area contributed by atoms with Crippen LogP contribution in [-0.2, 0) is 11.0 Å². The molecule has 3 aromatic carbocycles. The molecule has 1 unspecified atom stereocenters. The number of anilines is 1. The van der Waals surface area contributed by atoms with Gasteiger partial charge in [0.25, 0.3) is 5.91 Å². The molecule has 3 rings (SSSR count). The van der Waals surface area contributed by atoms with Crippen LogP contribution < -0.4 is 10.1 Å². The monoisotopic (exact) mass is 407 g/mol. The second-order valence-corrected chi connectivity index (χ2v) is 6.58. The van der Waals surface area contributed by atoms with Crippen molar-refractivity contribution in [2.24, 2.45) is 0 Å². The molecule has 0 saturated carbocycles. The van der Waals surface area contributed by atoms with E-state index in [-0.39, 0.29) is 5.69 Å². The third-order valence-electron chi connectivity index (χ3n) is 4.22. The molecule has 0 aromatic heterocycles. The standard InChI is InChI=1S/C21H17ClF3NO2/c1-2-18(28-19-9-5-7-13-6-3-4-8-15(13)19)20(27)26-14-10-11-17(22)16(12-14)21(23,24)25/h3-12,18H,2H2,1H3,(H,26,27). The Morgan fingerprint density at radius 1 is 1.11 bits per heavy atom. The number of alkyl halides is 3. The Morgan fingerprint density at radius 3 is 2.54 bits per heavy atom. The van der Waals surface area contributed by atoms with Crippen molar-refractivity contribution in [2.75, 3.05) is 5.32 Å². The number of carbonyl (C=O) groups is 1. The molecule has 0 radical (unpaired) electrons. The summed E-state index contributed by atoms with van der Waals surface area (Å²) < 4.78 is 44.9. The normalized spacial score (nSPS) is 12.6. The summed E-state index contributed by atoms with van der Waals surface area (Å²) in [5, 5.41) is 3.86. The van der Waals surface area contributed by atoms with E-state index in [1.807, 2.05) is 36.4 Å². The van der Waals surface area contributed by atoms with Gasteiger partial charge in [-0.05, 0) is 36.1 Å². The fraction of sp³-hybridized carbons (Fsp3) is 0.190. The zero-order valence-corrected chi connectivity index (χ0v) is 15.6. The van der Waals surface area contributed by atoms with Crippen molar-refractivity contribution in [3.05, 3.63) is 71.2 Å². The molecule has 146 valence electrons. The number of hydrogen-bond donors (Lipinski definition) is 1. The van der Waals surface area contributed by atoms with Crippen LogP contribution >= 0.6 is 11.6 Å². The van der Waals surface area contributed by atoms with Gasteiger partial charge in [0.05, 0.1) is 10.6 Å². The van der Waals surface area contributed by atoms with Gasteiger partial charge in [0.1, 0.15) is 5.75 Å². The Hall–Kier alpha value is -2.73. The molecule has 0 heterocycles. The van der Waals surface area contributed by atoms with E-state index >= 15 is 0 Å². The van der Waals surface area contributed by atoms with E-state index in [1.165, 1.54) is 6.07 Å². The van der Waals surface area contributed by atoms with Gasteiger partial charge < -0.3 is 10.1 Å². The molecular weight excluding hydrogens is 391 g/mol. The van der Waals surface area contributed by atoms with Gasteiger partial charge in [-0.25, -0.2) is 0 Å². The van der Waals surface area contributed by atoms with Crippen molar-refractivity contribution < 1.29 is 22.7 Å². The summed E-state index contributed by atoms with van der Waals surface area (Å²) in [4.78, 5) is 12.6. The minimum atomic E-state index is -4.61. The smallest absolute Gasteiger partial charge is 0.417 e. The number of hydrogen-bond acceptors (Lipinski definition) is 2. The zero-order chi connectivity index (χ0) is 20.3. The van der Waals surface area contributed by atoms with E-state index in [1.54, 1.807) is 13.0 Å². The Bertz CT molecular complexity index is 999. The Morgan fingerprint density at radius 2 is 1.82 bits per heavy atom. The van der Waals surface area contributed by atoms with Gasteiger partial charge in [0, 0.05) is 11.1 Å². The third-order valence-corrected chi connectivity index (χ3v) is 4.55. The second kappa shape index (κ2) is 8.10. The first kappa shape index (κ1) is 20.0. The van der Waals surface area contributed by atoms with Crippen molar-refractivity contribution in [2.45, 2.75) is 25.6 Å². The molecule has 0 spiro atoms. The number of rotatable bonds is 5. The van der Waals surface area contributed by atoms with Crippen LogP contribution in [0.15, 0.2) is 60.7 Å². The first-order valence-corrected chi connectivity index (χ1v) is 8.99. The van der Waals surface area contributed by atoms with Crippen LogP contribution in [0, 0.1) is 0 Å². The molecule has 7 heteroatoms. The van der Waals surface area contributed by atoms with Crippen LogP contribution in [0.4, 0.5) is 18.9 Å². The topological polar surface area (TPSA) is 38.3 Å². The summed E-state index contributed by atoms with van der Waals surface area (Å²) in [5.41, 5.74) is -1.00. The maximum atomic E-state index is 13.0. The van der Waals surface area contributed by atoms with Gasteiger partial charge >= 0.3 is 6.18 Å². The van der Waals surface area contributed by atoms with Crippen LogP contribution in [0.5, 0.6) is 5.75 Å². The van der Waals surface area contributed by atoms with Gasteiger partial charge in [-0.3, -0.25) is 4.79 Å². The van der Waals surface area contributed by atoms with Crippen LogP contribution in [0.3, 0.4) is 0 Å². The molecule has 1 atom stereocenters. The van der Waals surface area contributed by atoms with Crippen LogP contribution in [0.1, 0.15) is 18.9 Å². The van der Waals surface area contributed by atoms with Crippen LogP contribution in [-0.4, -0.2) is 12.0 Å². The quantitative estimate of drug-likeness (QED) is 0.538. The molecule has 0 aliphatic heterocycles. The summed E-state index contributed by atoms with van der Waals surface area (Å²) in [6.07, 6.45) is -5.13. The van der Waals surface area contributed by atoms with Crippen LogP contribution in [0.2, 0.25) is 5.02 Å². The highest BCUT2D eigenvalue weighted by Gasteiger charge is 2.33. The fourth-order valence-corrected chi connectivity index (χ4v) is 3.04. The molecule has 0 bridgehead atoms. The van der Waals surface area contributed by atoms with Crippen molar-refractivity contribution >= 4 is 34.0 Å². The van der Waals surface area contributed by atoms with E-state index < -0.39 is 28.8 Å². The highest BCUT2D eigenvalue weighted by Crippen LogP contribution is 2.36. The Balaban J connectivity index is 1.81. The largest absolute Gasteiger partial charge is 0.480 e. The molecule has 0 saturated heterocycles. The van der Waals surface area contributed by atoms with E-state index in [4.69, 9.17) is 16.3 Å². The Labute approximate surface area is 165 Å². The number of halogens is 4. The first-order chi connectivity index (χ1) is 13.3. The highest BCUT2D eigenvalue weighted by molar-refractivity contribution is 6.31.